The summed E-state index contributed by atoms with van der Waals surface area (Å²) in [6.45, 7) is 0.289. The van der Waals surface area contributed by atoms with Crippen LogP contribution in [0.5, 0.6) is 0 Å². The van der Waals surface area contributed by atoms with Gasteiger partial charge in [0.2, 0.25) is 0 Å². The number of carbonyl (C=O) groups excluding carboxylic acids is 2. The monoisotopic (exact) mass is 439 g/mol. The van der Waals surface area contributed by atoms with Crippen molar-refractivity contribution in [3.05, 3.63) is 96.1 Å². The first-order valence-corrected chi connectivity index (χ1v) is 11.8. The molecule has 4 heteroatoms. The molecule has 2 bridgehead atoms. The quantitative estimate of drug-likeness (QED) is 0.470. The molecule has 2 aliphatic rings. The Morgan fingerprint density at radius 3 is 1.94 bits per heavy atom. The predicted octanol–water partition coefficient (Wildman–Crippen LogP) is 6.05. The molecule has 0 aliphatic carbocycles. The zero-order valence-corrected chi connectivity index (χ0v) is 18.7. The highest BCUT2D eigenvalue weighted by molar-refractivity contribution is 5.84. The molecule has 3 aromatic rings. The number of fused-ring (bicyclic) bond motifs is 2. The van der Waals surface area contributed by atoms with Crippen LogP contribution in [-0.4, -0.2) is 28.9 Å². The lowest BCUT2D eigenvalue weighted by Gasteiger charge is -2.37. The molecule has 0 radical (unpaired) electrons. The van der Waals surface area contributed by atoms with Crippen molar-refractivity contribution in [2.45, 2.75) is 50.8 Å². The minimum atomic E-state index is -0.242. The van der Waals surface area contributed by atoms with Gasteiger partial charge in [-0.2, -0.15) is 0 Å². The van der Waals surface area contributed by atoms with Crippen LogP contribution < -0.4 is 0 Å². The van der Waals surface area contributed by atoms with E-state index in [0.29, 0.717) is 6.42 Å². The smallest absolute Gasteiger partial charge is 0.410 e. The van der Waals surface area contributed by atoms with E-state index < -0.39 is 0 Å². The molecular formula is C29H29NO3. The molecule has 2 fully saturated rings. The lowest BCUT2D eigenvalue weighted by molar-refractivity contribution is -0.124. The number of Topliss-reactive ketones (excluding diaryl/α,β-unsaturated/α-hetero) is 1. The summed E-state index contributed by atoms with van der Waals surface area (Å²) in [5, 5.41) is 0. The number of rotatable bonds is 6. The second kappa shape index (κ2) is 9.62. The molecular weight excluding hydrogens is 410 g/mol. The van der Waals surface area contributed by atoms with Gasteiger partial charge in [0.05, 0.1) is 0 Å². The molecule has 2 heterocycles. The Balaban J connectivity index is 1.17. The fourth-order valence-corrected chi connectivity index (χ4v) is 5.32. The molecule has 5 rings (SSSR count). The molecule has 2 aliphatic heterocycles. The van der Waals surface area contributed by atoms with E-state index in [-0.39, 0.29) is 36.5 Å². The van der Waals surface area contributed by atoms with E-state index in [9.17, 15) is 9.59 Å². The second-order valence-corrected chi connectivity index (χ2v) is 9.21. The van der Waals surface area contributed by atoms with Gasteiger partial charge < -0.3 is 9.64 Å². The van der Waals surface area contributed by atoms with Crippen molar-refractivity contribution in [1.82, 2.24) is 4.90 Å². The normalized spacial score (nSPS) is 21.6. The van der Waals surface area contributed by atoms with Crippen LogP contribution in [0.15, 0.2) is 84.9 Å². The first-order chi connectivity index (χ1) is 16.2. The van der Waals surface area contributed by atoms with Crippen LogP contribution in [-0.2, 0) is 22.6 Å². The van der Waals surface area contributed by atoms with E-state index >= 15 is 0 Å². The minimum absolute atomic E-state index is 0.0227. The zero-order valence-electron chi connectivity index (χ0n) is 18.7. The summed E-state index contributed by atoms with van der Waals surface area (Å²) in [4.78, 5) is 27.8. The number of ether oxygens (including phenoxy) is 1. The topological polar surface area (TPSA) is 46.6 Å². The molecule has 2 atom stereocenters. The molecule has 2 unspecified atom stereocenters. The molecule has 2 saturated heterocycles. The van der Waals surface area contributed by atoms with Gasteiger partial charge in [0, 0.05) is 24.4 Å². The van der Waals surface area contributed by atoms with Crippen LogP contribution in [0.25, 0.3) is 11.1 Å². The van der Waals surface area contributed by atoms with E-state index in [1.807, 2.05) is 53.4 Å². The van der Waals surface area contributed by atoms with Gasteiger partial charge in [-0.15, -0.1) is 0 Å². The van der Waals surface area contributed by atoms with Crippen LogP contribution in [0.1, 0.15) is 36.8 Å². The highest BCUT2D eigenvalue weighted by Crippen LogP contribution is 2.40. The first-order valence-electron chi connectivity index (χ1n) is 11.8. The van der Waals surface area contributed by atoms with Gasteiger partial charge in [-0.3, -0.25) is 4.79 Å². The predicted molar refractivity (Wildman–Crippen MR) is 129 cm³/mol. The van der Waals surface area contributed by atoms with Crippen molar-refractivity contribution in [3.63, 3.8) is 0 Å². The van der Waals surface area contributed by atoms with Crippen molar-refractivity contribution in [2.24, 2.45) is 5.92 Å². The van der Waals surface area contributed by atoms with Crippen LogP contribution in [0.4, 0.5) is 4.79 Å². The van der Waals surface area contributed by atoms with Gasteiger partial charge in [0.15, 0.2) is 0 Å². The van der Waals surface area contributed by atoms with Gasteiger partial charge in [-0.05, 0) is 47.9 Å². The Hall–Kier alpha value is -3.40. The van der Waals surface area contributed by atoms with Crippen molar-refractivity contribution >= 4 is 11.9 Å². The Morgan fingerprint density at radius 1 is 0.727 bits per heavy atom. The molecule has 168 valence electrons. The van der Waals surface area contributed by atoms with E-state index in [1.54, 1.807) is 0 Å². The summed E-state index contributed by atoms with van der Waals surface area (Å²) in [6, 6.07) is 28.5. The number of carbonyl (C=O) groups is 2. The van der Waals surface area contributed by atoms with Crippen LogP contribution in [0, 0.1) is 5.92 Å². The van der Waals surface area contributed by atoms with Gasteiger partial charge in [0.25, 0.3) is 0 Å². The average molecular weight is 440 g/mol. The second-order valence-electron chi connectivity index (χ2n) is 9.21. The number of ketones is 1. The standard InChI is InChI=1S/C29H29NO3/c31-28(17-21-11-13-24(14-12-21)23-9-5-2-6-10-23)25-18-26-15-16-27(19-25)30(26)29(32)33-20-22-7-3-1-4-8-22/h1-14,25-27H,15-20H2. The summed E-state index contributed by atoms with van der Waals surface area (Å²) in [5.41, 5.74) is 4.38. The highest BCUT2D eigenvalue weighted by Gasteiger charge is 2.45. The fraction of sp³-hybridized carbons (Fsp3) is 0.310. The summed E-state index contributed by atoms with van der Waals surface area (Å²) < 4.78 is 5.59. The minimum Gasteiger partial charge on any atom is -0.445 e. The maximum atomic E-state index is 13.1. The third-order valence-electron chi connectivity index (χ3n) is 7.04. The molecule has 1 amide bonds. The Bertz CT molecular complexity index is 1080. The maximum Gasteiger partial charge on any atom is 0.410 e. The number of hydrogen-bond donors (Lipinski definition) is 0. The fourth-order valence-electron chi connectivity index (χ4n) is 5.32. The summed E-state index contributed by atoms with van der Waals surface area (Å²) >= 11 is 0. The van der Waals surface area contributed by atoms with Gasteiger partial charge in [-0.1, -0.05) is 84.9 Å². The SMILES string of the molecule is O=C(Cc1ccc(-c2ccccc2)cc1)C1CC2CCC(C1)N2C(=O)OCc1ccccc1. The number of hydrogen-bond acceptors (Lipinski definition) is 3. The lowest BCUT2D eigenvalue weighted by atomic mass is 9.85. The molecule has 3 aromatic carbocycles. The van der Waals surface area contributed by atoms with Crippen LogP contribution in [0.3, 0.4) is 0 Å². The Kier molecular flexibility index (Phi) is 6.25. The van der Waals surface area contributed by atoms with Crippen LogP contribution >= 0.6 is 0 Å². The zero-order chi connectivity index (χ0) is 22.6. The van der Waals surface area contributed by atoms with Crippen LogP contribution in [0.2, 0.25) is 0 Å². The Labute approximate surface area is 195 Å². The molecule has 0 spiro atoms. The molecule has 0 aromatic heterocycles. The van der Waals surface area contributed by atoms with Crippen molar-refractivity contribution in [2.75, 3.05) is 0 Å². The largest absolute Gasteiger partial charge is 0.445 e. The third kappa shape index (κ3) is 4.85. The molecule has 33 heavy (non-hydrogen) atoms. The molecule has 0 N–H and O–H groups in total. The van der Waals surface area contributed by atoms with Crippen molar-refractivity contribution in [1.29, 1.82) is 0 Å². The number of piperidine rings is 1. The van der Waals surface area contributed by atoms with Crippen molar-refractivity contribution < 1.29 is 14.3 Å². The first kappa shape index (κ1) is 21.4. The maximum absolute atomic E-state index is 13.1. The van der Waals surface area contributed by atoms with Gasteiger partial charge >= 0.3 is 6.09 Å². The Morgan fingerprint density at radius 2 is 1.30 bits per heavy atom. The van der Waals surface area contributed by atoms with E-state index in [2.05, 4.69) is 36.4 Å². The molecule has 0 saturated carbocycles. The summed E-state index contributed by atoms with van der Waals surface area (Å²) in [7, 11) is 0. The van der Waals surface area contributed by atoms with E-state index in [4.69, 9.17) is 4.74 Å². The number of benzene rings is 3. The van der Waals surface area contributed by atoms with Crippen molar-refractivity contribution in [3.8, 4) is 11.1 Å². The van der Waals surface area contributed by atoms with E-state index in [1.165, 1.54) is 5.56 Å². The number of nitrogens with zero attached hydrogens (tertiary/aromatic N) is 1. The third-order valence-corrected chi connectivity index (χ3v) is 7.04. The van der Waals surface area contributed by atoms with E-state index in [0.717, 1.165) is 42.4 Å². The average Bonchev–Trinajstić information content (AvgIpc) is 3.13. The summed E-state index contributed by atoms with van der Waals surface area (Å²) in [5.74, 6) is 0.311. The number of amides is 1. The van der Waals surface area contributed by atoms with Gasteiger partial charge in [-0.25, -0.2) is 4.79 Å². The highest BCUT2D eigenvalue weighted by atomic mass is 16.6. The summed E-state index contributed by atoms with van der Waals surface area (Å²) in [6.07, 6.45) is 3.63. The van der Waals surface area contributed by atoms with Gasteiger partial charge in [0.1, 0.15) is 12.4 Å². The molecule has 4 nitrogen and oxygen atoms in total. The lowest BCUT2D eigenvalue weighted by Crippen LogP contribution is -2.48.